The summed E-state index contributed by atoms with van der Waals surface area (Å²) in [5, 5.41) is 0. The van der Waals surface area contributed by atoms with E-state index in [-0.39, 0.29) is 0 Å². The molecule has 1 saturated carbocycles. The molecule has 5 rings (SSSR count). The van der Waals surface area contributed by atoms with Crippen molar-refractivity contribution >= 4 is 0 Å². The van der Waals surface area contributed by atoms with Crippen LogP contribution in [-0.4, -0.2) is 49.8 Å². The SMILES string of the molecule is CCCC(CCC)c1cc(Cc2cc(C3CCCC(c4cc(Cc5cc(C)c(OC)cc5OC)c(OC)cc4OC)CCC3)c(C)cc2OC)c(OC)cc1OC. The molecule has 0 N–H and O–H groups in total. The Hall–Kier alpha value is -4.52. The van der Waals surface area contributed by atoms with Crippen LogP contribution in [0.5, 0.6) is 40.2 Å². The van der Waals surface area contributed by atoms with E-state index in [1.807, 2.05) is 6.07 Å². The Kier molecular flexibility index (Phi) is 15.9. The molecule has 0 amide bonds. The molecule has 4 aromatic carbocycles. The van der Waals surface area contributed by atoms with Crippen LogP contribution in [0.2, 0.25) is 0 Å². The van der Waals surface area contributed by atoms with E-state index >= 15 is 0 Å². The molecule has 4 aromatic rings. The molecule has 1 aliphatic rings. The van der Waals surface area contributed by atoms with Crippen molar-refractivity contribution in [1.29, 1.82) is 0 Å². The van der Waals surface area contributed by atoms with E-state index in [4.69, 9.17) is 33.2 Å². The Morgan fingerprint density at radius 1 is 0.439 bits per heavy atom. The number of rotatable bonds is 18. The average molecular weight is 781 g/mol. The Morgan fingerprint density at radius 2 is 0.842 bits per heavy atom. The highest BCUT2D eigenvalue weighted by atomic mass is 16.5. The fourth-order valence-corrected chi connectivity index (χ4v) is 9.38. The maximum Gasteiger partial charge on any atom is 0.126 e. The van der Waals surface area contributed by atoms with Crippen LogP contribution in [0.3, 0.4) is 0 Å². The summed E-state index contributed by atoms with van der Waals surface area (Å²) in [6, 6.07) is 17.7. The van der Waals surface area contributed by atoms with E-state index in [1.165, 1.54) is 33.4 Å². The van der Waals surface area contributed by atoms with E-state index in [0.29, 0.717) is 24.2 Å². The van der Waals surface area contributed by atoms with Gasteiger partial charge in [-0.3, -0.25) is 0 Å². The van der Waals surface area contributed by atoms with Gasteiger partial charge >= 0.3 is 0 Å². The third-order valence-corrected chi connectivity index (χ3v) is 12.3. The van der Waals surface area contributed by atoms with Crippen LogP contribution in [0.1, 0.15) is 146 Å². The molecule has 310 valence electrons. The van der Waals surface area contributed by atoms with Gasteiger partial charge in [-0.1, -0.05) is 45.6 Å². The highest BCUT2D eigenvalue weighted by Gasteiger charge is 2.26. The quantitative estimate of drug-likeness (QED) is 0.0996. The second-order valence-electron chi connectivity index (χ2n) is 15.8. The van der Waals surface area contributed by atoms with Gasteiger partial charge < -0.3 is 33.2 Å². The summed E-state index contributed by atoms with van der Waals surface area (Å²) in [4.78, 5) is 0. The number of hydrogen-bond acceptors (Lipinski definition) is 7. The van der Waals surface area contributed by atoms with Crippen LogP contribution < -0.4 is 33.2 Å². The van der Waals surface area contributed by atoms with E-state index in [1.54, 1.807) is 49.8 Å². The van der Waals surface area contributed by atoms with Gasteiger partial charge in [0.25, 0.3) is 0 Å². The van der Waals surface area contributed by atoms with E-state index in [2.05, 4.69) is 70.2 Å². The minimum Gasteiger partial charge on any atom is -0.496 e. The molecule has 7 nitrogen and oxygen atoms in total. The smallest absolute Gasteiger partial charge is 0.126 e. The van der Waals surface area contributed by atoms with Crippen LogP contribution in [0.4, 0.5) is 0 Å². The van der Waals surface area contributed by atoms with Crippen molar-refractivity contribution in [3.05, 3.63) is 98.6 Å². The molecule has 0 bridgehead atoms. The van der Waals surface area contributed by atoms with E-state index < -0.39 is 0 Å². The summed E-state index contributed by atoms with van der Waals surface area (Å²) in [7, 11) is 12.2. The lowest BCUT2D eigenvalue weighted by atomic mass is 9.78. The van der Waals surface area contributed by atoms with Gasteiger partial charge in [-0.15, -0.1) is 0 Å². The monoisotopic (exact) mass is 780 g/mol. The average Bonchev–Trinajstić information content (AvgIpc) is 3.21. The zero-order valence-corrected chi connectivity index (χ0v) is 36.7. The van der Waals surface area contributed by atoms with Gasteiger partial charge in [0.05, 0.1) is 49.8 Å². The molecule has 57 heavy (non-hydrogen) atoms. The lowest BCUT2D eigenvalue weighted by Gasteiger charge is -2.28. The van der Waals surface area contributed by atoms with Crippen molar-refractivity contribution in [3.63, 3.8) is 0 Å². The van der Waals surface area contributed by atoms with Crippen molar-refractivity contribution in [2.24, 2.45) is 0 Å². The largest absolute Gasteiger partial charge is 0.496 e. The Balaban J connectivity index is 1.40. The number of benzene rings is 4. The fourth-order valence-electron chi connectivity index (χ4n) is 9.38. The molecule has 7 heteroatoms. The molecule has 0 atom stereocenters. The summed E-state index contributed by atoms with van der Waals surface area (Å²) < 4.78 is 41.3. The zero-order chi connectivity index (χ0) is 41.1. The molecule has 0 spiro atoms. The molecule has 1 fully saturated rings. The van der Waals surface area contributed by atoms with Gasteiger partial charge in [-0.25, -0.2) is 0 Å². The third-order valence-electron chi connectivity index (χ3n) is 12.3. The normalized spacial score (nSPS) is 15.8. The standard InChI is InChI=1S/C50H68O7/c1-12-16-34(17-13-2)42-27-40(48(55-9)30-49(42)56-10)25-38-26-41(32(3)23-45(38)52-6)35-18-14-20-36(21-15-19-35)43-28-39(47(54-8)31-50(43)57-11)24-37-22-33(4)44(51-5)29-46(37)53-7/h22-23,26-31,34-36H,12-21,24-25H2,1-11H3. The van der Waals surface area contributed by atoms with Gasteiger partial charge in [0.2, 0.25) is 0 Å². The van der Waals surface area contributed by atoms with E-state index in [9.17, 15) is 0 Å². The molecule has 0 aromatic heterocycles. The summed E-state index contributed by atoms with van der Waals surface area (Å²) >= 11 is 0. The molecule has 0 radical (unpaired) electrons. The highest BCUT2D eigenvalue weighted by Crippen LogP contribution is 2.45. The lowest BCUT2D eigenvalue weighted by Crippen LogP contribution is -2.11. The molecule has 1 aliphatic carbocycles. The van der Waals surface area contributed by atoms with E-state index in [0.717, 1.165) is 128 Å². The molecule has 0 saturated heterocycles. The first-order valence-corrected chi connectivity index (χ1v) is 21.0. The third kappa shape index (κ3) is 10.1. The minimum absolute atomic E-state index is 0.401. The van der Waals surface area contributed by atoms with Crippen molar-refractivity contribution < 1.29 is 33.2 Å². The van der Waals surface area contributed by atoms with Crippen LogP contribution in [0.15, 0.2) is 48.5 Å². The zero-order valence-electron chi connectivity index (χ0n) is 36.7. The maximum absolute atomic E-state index is 6.04. The van der Waals surface area contributed by atoms with Crippen LogP contribution in [-0.2, 0) is 12.8 Å². The maximum atomic E-state index is 6.04. The van der Waals surface area contributed by atoms with Crippen LogP contribution in [0, 0.1) is 13.8 Å². The molecular weight excluding hydrogens is 713 g/mol. The lowest BCUT2D eigenvalue weighted by molar-refractivity contribution is 0.373. The molecule has 0 heterocycles. The number of hydrogen-bond donors (Lipinski definition) is 0. The number of aryl methyl sites for hydroxylation is 2. The Morgan fingerprint density at radius 3 is 1.33 bits per heavy atom. The van der Waals surface area contributed by atoms with Crippen molar-refractivity contribution in [1.82, 2.24) is 0 Å². The second-order valence-corrected chi connectivity index (χ2v) is 15.8. The van der Waals surface area contributed by atoms with Gasteiger partial charge in [0.15, 0.2) is 0 Å². The first kappa shape index (κ1) is 43.6. The fraction of sp³-hybridized carbons (Fsp3) is 0.520. The first-order chi connectivity index (χ1) is 27.7. The first-order valence-electron chi connectivity index (χ1n) is 21.0. The number of ether oxygens (including phenoxy) is 7. The van der Waals surface area contributed by atoms with Crippen molar-refractivity contribution in [2.75, 3.05) is 49.8 Å². The molecule has 0 aliphatic heterocycles. The molecular formula is C50H68O7. The Labute approximate surface area is 343 Å². The highest BCUT2D eigenvalue weighted by molar-refractivity contribution is 5.55. The number of methoxy groups -OCH3 is 7. The summed E-state index contributed by atoms with van der Waals surface area (Å²) in [6.07, 6.45) is 12.7. The molecule has 0 unspecified atom stereocenters. The second kappa shape index (κ2) is 20.8. The predicted octanol–water partition coefficient (Wildman–Crippen LogP) is 12.5. The van der Waals surface area contributed by atoms with Crippen molar-refractivity contribution in [3.8, 4) is 40.2 Å². The summed E-state index contributed by atoms with van der Waals surface area (Å²) in [5.74, 6) is 7.42. The summed E-state index contributed by atoms with van der Waals surface area (Å²) in [6.45, 7) is 8.85. The van der Waals surface area contributed by atoms with Gasteiger partial charge in [0, 0.05) is 31.0 Å². The summed E-state index contributed by atoms with van der Waals surface area (Å²) in [5.41, 5.74) is 11.0. The van der Waals surface area contributed by atoms with Gasteiger partial charge in [0.1, 0.15) is 40.2 Å². The van der Waals surface area contributed by atoms with Crippen molar-refractivity contribution in [2.45, 2.75) is 122 Å². The van der Waals surface area contributed by atoms with Gasteiger partial charge in [-0.2, -0.15) is 0 Å². The van der Waals surface area contributed by atoms with Gasteiger partial charge in [-0.05, 0) is 144 Å². The Bertz CT molecular complexity index is 1920. The predicted molar refractivity (Wildman–Crippen MR) is 232 cm³/mol. The van der Waals surface area contributed by atoms with Crippen LogP contribution >= 0.6 is 0 Å². The minimum atomic E-state index is 0.401. The topological polar surface area (TPSA) is 64.6 Å². The van der Waals surface area contributed by atoms with Crippen LogP contribution in [0.25, 0.3) is 0 Å².